The van der Waals surface area contributed by atoms with Crippen molar-refractivity contribution in [3.63, 3.8) is 0 Å². The first kappa shape index (κ1) is 14.5. The number of nitrogens with zero attached hydrogens (tertiary/aromatic N) is 1. The van der Waals surface area contributed by atoms with E-state index in [1.54, 1.807) is 0 Å². The molecule has 2 N–H and O–H groups in total. The monoisotopic (exact) mass is 324 g/mol. The Bertz CT molecular complexity index is 475. The van der Waals surface area contributed by atoms with Gasteiger partial charge in [-0.2, -0.15) is 0 Å². The lowest BCUT2D eigenvalue weighted by atomic mass is 9.89. The second-order valence-corrected chi connectivity index (χ2v) is 6.10. The lowest BCUT2D eigenvalue weighted by Gasteiger charge is -2.40. The molecule has 0 aliphatic carbocycles. The minimum Gasteiger partial charge on any atom is -0.334 e. The Labute approximate surface area is 123 Å². The van der Waals surface area contributed by atoms with Gasteiger partial charge in [0.15, 0.2) is 0 Å². The fourth-order valence-electron chi connectivity index (χ4n) is 2.76. The van der Waals surface area contributed by atoms with E-state index in [2.05, 4.69) is 41.9 Å². The Morgan fingerprint density at radius 1 is 1.47 bits per heavy atom. The minimum absolute atomic E-state index is 0.0213. The van der Waals surface area contributed by atoms with Gasteiger partial charge >= 0.3 is 0 Å². The number of piperidine rings is 1. The summed E-state index contributed by atoms with van der Waals surface area (Å²) in [6.07, 6.45) is 2.32. The Morgan fingerprint density at radius 3 is 2.84 bits per heavy atom. The summed E-state index contributed by atoms with van der Waals surface area (Å²) >= 11 is 3.51. The van der Waals surface area contributed by atoms with E-state index in [4.69, 9.17) is 5.73 Å². The standard InChI is InChI=1S/C15H21BrN2O/c1-3-8-18-14(19)7-6-13(17)15(18)11-4-5-12(16)10(2)9-11/h4-5,9,13,15H,3,6-8,17H2,1-2H3. The van der Waals surface area contributed by atoms with Gasteiger partial charge in [-0.1, -0.05) is 35.0 Å². The van der Waals surface area contributed by atoms with Crippen molar-refractivity contribution in [1.82, 2.24) is 4.90 Å². The summed E-state index contributed by atoms with van der Waals surface area (Å²) in [4.78, 5) is 14.1. The normalized spacial score (nSPS) is 23.8. The third-order valence-electron chi connectivity index (χ3n) is 3.74. The van der Waals surface area contributed by atoms with Gasteiger partial charge in [0, 0.05) is 23.5 Å². The fourth-order valence-corrected chi connectivity index (χ4v) is 3.01. The zero-order valence-corrected chi connectivity index (χ0v) is 13.1. The summed E-state index contributed by atoms with van der Waals surface area (Å²) in [5, 5.41) is 0. The maximum atomic E-state index is 12.1. The second kappa shape index (κ2) is 6.06. The van der Waals surface area contributed by atoms with E-state index in [0.717, 1.165) is 29.4 Å². The van der Waals surface area contributed by atoms with Gasteiger partial charge in [-0.25, -0.2) is 0 Å². The number of carbonyl (C=O) groups is 1. The molecule has 1 amide bonds. The number of likely N-dealkylation sites (tertiary alicyclic amines) is 1. The van der Waals surface area contributed by atoms with Crippen molar-refractivity contribution in [3.05, 3.63) is 33.8 Å². The van der Waals surface area contributed by atoms with Gasteiger partial charge in [0.05, 0.1) is 6.04 Å². The van der Waals surface area contributed by atoms with Crippen LogP contribution in [-0.4, -0.2) is 23.4 Å². The van der Waals surface area contributed by atoms with Gasteiger partial charge < -0.3 is 10.6 Å². The van der Waals surface area contributed by atoms with Crippen LogP contribution in [0.15, 0.2) is 22.7 Å². The van der Waals surface area contributed by atoms with Gasteiger partial charge in [0.1, 0.15) is 0 Å². The van der Waals surface area contributed by atoms with E-state index in [-0.39, 0.29) is 18.0 Å². The van der Waals surface area contributed by atoms with Crippen molar-refractivity contribution < 1.29 is 4.79 Å². The van der Waals surface area contributed by atoms with Gasteiger partial charge in [-0.05, 0) is 37.0 Å². The number of hydrogen-bond donors (Lipinski definition) is 1. The number of amides is 1. The number of carbonyl (C=O) groups excluding carboxylic acids is 1. The van der Waals surface area contributed by atoms with Crippen LogP contribution in [0.5, 0.6) is 0 Å². The van der Waals surface area contributed by atoms with E-state index in [1.807, 2.05) is 11.0 Å². The molecule has 19 heavy (non-hydrogen) atoms. The topological polar surface area (TPSA) is 46.3 Å². The molecular formula is C15H21BrN2O. The van der Waals surface area contributed by atoms with Gasteiger partial charge in [0.2, 0.25) is 5.91 Å². The van der Waals surface area contributed by atoms with Crippen LogP contribution in [-0.2, 0) is 4.79 Å². The van der Waals surface area contributed by atoms with E-state index >= 15 is 0 Å². The number of halogens is 1. The number of hydrogen-bond acceptors (Lipinski definition) is 2. The van der Waals surface area contributed by atoms with Gasteiger partial charge in [0.25, 0.3) is 0 Å². The van der Waals surface area contributed by atoms with Crippen molar-refractivity contribution in [2.45, 2.75) is 45.2 Å². The molecule has 4 heteroatoms. The molecule has 104 valence electrons. The molecule has 1 aromatic rings. The zero-order valence-electron chi connectivity index (χ0n) is 11.5. The number of nitrogens with two attached hydrogens (primary N) is 1. The summed E-state index contributed by atoms with van der Waals surface area (Å²) in [6, 6.07) is 6.30. The average molecular weight is 325 g/mol. The highest BCUT2D eigenvalue weighted by molar-refractivity contribution is 9.10. The maximum absolute atomic E-state index is 12.1. The third-order valence-corrected chi connectivity index (χ3v) is 4.63. The molecule has 1 saturated heterocycles. The first-order valence-corrected chi connectivity index (χ1v) is 7.65. The van der Waals surface area contributed by atoms with E-state index in [0.29, 0.717) is 6.42 Å². The summed E-state index contributed by atoms with van der Waals surface area (Å²) in [5.74, 6) is 0.231. The first-order chi connectivity index (χ1) is 9.04. The minimum atomic E-state index is 0.0213. The molecule has 1 heterocycles. The summed E-state index contributed by atoms with van der Waals surface area (Å²) in [7, 11) is 0. The first-order valence-electron chi connectivity index (χ1n) is 6.85. The molecule has 0 spiro atoms. The lowest BCUT2D eigenvalue weighted by molar-refractivity contribution is -0.137. The predicted molar refractivity (Wildman–Crippen MR) is 80.8 cm³/mol. The molecule has 0 bridgehead atoms. The molecule has 0 radical (unpaired) electrons. The fraction of sp³-hybridized carbons (Fsp3) is 0.533. The Morgan fingerprint density at radius 2 is 2.21 bits per heavy atom. The van der Waals surface area contributed by atoms with Crippen LogP contribution in [0.1, 0.15) is 43.4 Å². The smallest absolute Gasteiger partial charge is 0.223 e. The second-order valence-electron chi connectivity index (χ2n) is 5.24. The highest BCUT2D eigenvalue weighted by Crippen LogP contribution is 2.32. The van der Waals surface area contributed by atoms with E-state index in [1.165, 1.54) is 5.56 Å². The van der Waals surface area contributed by atoms with Crippen molar-refractivity contribution in [3.8, 4) is 0 Å². The average Bonchev–Trinajstić information content (AvgIpc) is 2.38. The van der Waals surface area contributed by atoms with Crippen molar-refractivity contribution >= 4 is 21.8 Å². The Kier molecular flexibility index (Phi) is 4.63. The molecule has 0 aromatic heterocycles. The molecule has 2 unspecified atom stereocenters. The van der Waals surface area contributed by atoms with Crippen molar-refractivity contribution in [2.24, 2.45) is 5.73 Å². The molecule has 2 atom stereocenters. The molecule has 2 rings (SSSR count). The molecule has 1 aromatic carbocycles. The number of benzene rings is 1. The van der Waals surface area contributed by atoms with Crippen LogP contribution in [0, 0.1) is 6.92 Å². The molecule has 1 aliphatic rings. The SMILES string of the molecule is CCCN1C(=O)CCC(N)C1c1ccc(Br)c(C)c1. The molecule has 0 saturated carbocycles. The van der Waals surface area contributed by atoms with Crippen LogP contribution in [0.4, 0.5) is 0 Å². The summed E-state index contributed by atoms with van der Waals surface area (Å²) < 4.78 is 1.09. The van der Waals surface area contributed by atoms with Crippen molar-refractivity contribution in [2.75, 3.05) is 6.54 Å². The van der Waals surface area contributed by atoms with Crippen LogP contribution in [0.2, 0.25) is 0 Å². The molecule has 1 fully saturated rings. The third kappa shape index (κ3) is 3.00. The highest BCUT2D eigenvalue weighted by Gasteiger charge is 2.34. The van der Waals surface area contributed by atoms with Crippen molar-refractivity contribution in [1.29, 1.82) is 0 Å². The number of aryl methyl sites for hydroxylation is 1. The number of rotatable bonds is 3. The largest absolute Gasteiger partial charge is 0.334 e. The lowest BCUT2D eigenvalue weighted by Crippen LogP contribution is -2.49. The maximum Gasteiger partial charge on any atom is 0.223 e. The summed E-state index contributed by atoms with van der Waals surface area (Å²) in [5.41, 5.74) is 8.60. The highest BCUT2D eigenvalue weighted by atomic mass is 79.9. The Hall–Kier alpha value is -0.870. The van der Waals surface area contributed by atoms with E-state index in [9.17, 15) is 4.79 Å². The van der Waals surface area contributed by atoms with E-state index < -0.39 is 0 Å². The predicted octanol–water partition coefficient (Wildman–Crippen LogP) is 3.16. The molecule has 1 aliphatic heterocycles. The summed E-state index contributed by atoms with van der Waals surface area (Å²) in [6.45, 7) is 4.94. The molecular weight excluding hydrogens is 304 g/mol. The van der Waals surface area contributed by atoms with Gasteiger partial charge in [-0.3, -0.25) is 4.79 Å². The Balaban J connectivity index is 2.36. The van der Waals surface area contributed by atoms with Gasteiger partial charge in [-0.15, -0.1) is 0 Å². The van der Waals surface area contributed by atoms with Crippen LogP contribution >= 0.6 is 15.9 Å². The quantitative estimate of drug-likeness (QED) is 0.928. The van der Waals surface area contributed by atoms with Crippen LogP contribution in [0.3, 0.4) is 0 Å². The van der Waals surface area contributed by atoms with Crippen LogP contribution in [0.25, 0.3) is 0 Å². The molecule has 3 nitrogen and oxygen atoms in total. The zero-order chi connectivity index (χ0) is 14.0. The van der Waals surface area contributed by atoms with Crippen LogP contribution < -0.4 is 5.73 Å².